The van der Waals surface area contributed by atoms with Gasteiger partial charge in [-0.05, 0) is 62.8 Å². The quantitative estimate of drug-likeness (QED) is 0.660. The van der Waals surface area contributed by atoms with Gasteiger partial charge in [0.1, 0.15) is 0 Å². The van der Waals surface area contributed by atoms with E-state index in [0.717, 1.165) is 18.0 Å². The van der Waals surface area contributed by atoms with Crippen LogP contribution in [0.5, 0.6) is 0 Å². The number of aromatic nitrogens is 2. The fourth-order valence-electron chi connectivity index (χ4n) is 5.12. The normalized spacial score (nSPS) is 28.0. The Morgan fingerprint density at radius 2 is 1.94 bits per heavy atom. The van der Waals surface area contributed by atoms with E-state index in [4.69, 9.17) is 21.4 Å². The number of morpholine rings is 1. The van der Waals surface area contributed by atoms with Gasteiger partial charge in [0.2, 0.25) is 0 Å². The van der Waals surface area contributed by atoms with E-state index in [1.807, 2.05) is 23.9 Å². The number of aryl methyl sites for hydroxylation is 2. The molecule has 1 aromatic carbocycles. The molecule has 1 saturated carbocycles. The summed E-state index contributed by atoms with van der Waals surface area (Å²) in [5.74, 6) is 0.557. The maximum absolute atomic E-state index is 11.5. The Bertz CT molecular complexity index is 892. The molecule has 0 amide bonds. The summed E-state index contributed by atoms with van der Waals surface area (Å²) in [5, 5.41) is 5.51. The zero-order valence-corrected chi connectivity index (χ0v) is 20.9. The third-order valence-electron chi connectivity index (χ3n) is 7.02. The number of nitrogens with one attached hydrogen (secondary N) is 1. The smallest absolute Gasteiger partial charge is 0.0884 e. The largest absolute Gasteiger partial charge is 0.374 e. The topological polar surface area (TPSA) is 59.4 Å². The van der Waals surface area contributed by atoms with E-state index >= 15 is 0 Å². The molecule has 1 N–H and O–H groups in total. The zero-order chi connectivity index (χ0) is 22.7. The van der Waals surface area contributed by atoms with Gasteiger partial charge in [0.05, 0.1) is 29.4 Å². The number of benzene rings is 1. The van der Waals surface area contributed by atoms with Gasteiger partial charge in [-0.25, -0.2) is 8.93 Å². The third-order valence-corrected chi connectivity index (χ3v) is 7.85. The third kappa shape index (κ3) is 6.00. The average Bonchev–Trinajstić information content (AvgIpc) is 3.13. The molecule has 2 aliphatic rings. The first-order valence-electron chi connectivity index (χ1n) is 11.6. The Hall–Kier alpha value is -1.25. The van der Waals surface area contributed by atoms with Crippen LogP contribution < -0.4 is 4.72 Å². The molecule has 0 spiro atoms. The van der Waals surface area contributed by atoms with E-state index in [1.165, 1.54) is 42.6 Å². The highest BCUT2D eigenvalue weighted by molar-refractivity contribution is 7.82. The van der Waals surface area contributed by atoms with E-state index in [2.05, 4.69) is 34.7 Å². The van der Waals surface area contributed by atoms with Crippen molar-refractivity contribution in [1.82, 2.24) is 19.4 Å². The van der Waals surface area contributed by atoms with Crippen molar-refractivity contribution in [2.24, 2.45) is 7.05 Å². The van der Waals surface area contributed by atoms with E-state index < -0.39 is 11.0 Å². The highest BCUT2D eigenvalue weighted by Gasteiger charge is 2.36. The van der Waals surface area contributed by atoms with Crippen LogP contribution in [0.4, 0.5) is 0 Å². The van der Waals surface area contributed by atoms with Crippen molar-refractivity contribution >= 4 is 22.6 Å². The number of nitrogens with zero attached hydrogens (tertiary/aromatic N) is 3. The Labute approximate surface area is 199 Å². The van der Waals surface area contributed by atoms with Crippen molar-refractivity contribution in [3.8, 4) is 0 Å². The van der Waals surface area contributed by atoms with Crippen LogP contribution in [0.3, 0.4) is 0 Å². The second-order valence-corrected chi connectivity index (χ2v) is 10.9. The molecule has 1 aliphatic carbocycles. The molecule has 3 unspecified atom stereocenters. The molecule has 1 aliphatic heterocycles. The van der Waals surface area contributed by atoms with Crippen LogP contribution in [0.1, 0.15) is 48.6 Å². The summed E-state index contributed by atoms with van der Waals surface area (Å²) in [7, 11) is 1.00. The Kier molecular flexibility index (Phi) is 8.05. The fraction of sp³-hybridized carbons (Fsp3) is 0.625. The summed E-state index contributed by atoms with van der Waals surface area (Å²) in [6, 6.07) is 11.3. The SMILES string of the molecule is Cc1cc(C2CCC(N3CC(CNS(C)=O)OCC3Cc3ccc(Cl)cc3)CC2)nn1C. The van der Waals surface area contributed by atoms with Crippen LogP contribution >= 0.6 is 11.6 Å². The molecule has 1 aromatic heterocycles. The highest BCUT2D eigenvalue weighted by atomic mass is 35.5. The number of ether oxygens (including phenoxy) is 1. The predicted octanol–water partition coefficient (Wildman–Crippen LogP) is 3.60. The maximum Gasteiger partial charge on any atom is 0.0884 e. The van der Waals surface area contributed by atoms with Crippen LogP contribution in [-0.2, 0) is 29.2 Å². The van der Waals surface area contributed by atoms with Crippen molar-refractivity contribution in [2.45, 2.75) is 63.1 Å². The summed E-state index contributed by atoms with van der Waals surface area (Å²) in [6.45, 7) is 4.32. The van der Waals surface area contributed by atoms with Crippen LogP contribution in [0.15, 0.2) is 30.3 Å². The summed E-state index contributed by atoms with van der Waals surface area (Å²) >= 11 is 6.09. The molecule has 0 bridgehead atoms. The Morgan fingerprint density at radius 1 is 1.22 bits per heavy atom. The van der Waals surface area contributed by atoms with Crippen molar-refractivity contribution < 1.29 is 8.95 Å². The number of rotatable bonds is 7. The number of hydrogen-bond donors (Lipinski definition) is 1. The summed E-state index contributed by atoms with van der Waals surface area (Å²) in [4.78, 5) is 2.67. The summed E-state index contributed by atoms with van der Waals surface area (Å²) < 4.78 is 22.7. The molecule has 1 saturated heterocycles. The minimum atomic E-state index is -1.02. The van der Waals surface area contributed by atoms with Gasteiger partial charge in [0.25, 0.3) is 0 Å². The second-order valence-electron chi connectivity index (χ2n) is 9.28. The van der Waals surface area contributed by atoms with Crippen molar-refractivity contribution in [1.29, 1.82) is 0 Å². The van der Waals surface area contributed by atoms with E-state index in [1.54, 1.807) is 6.26 Å². The molecule has 176 valence electrons. The van der Waals surface area contributed by atoms with Crippen LogP contribution in [0, 0.1) is 6.92 Å². The minimum Gasteiger partial charge on any atom is -0.374 e. The van der Waals surface area contributed by atoms with Gasteiger partial charge < -0.3 is 4.74 Å². The monoisotopic (exact) mass is 478 g/mol. The molecule has 3 atom stereocenters. The van der Waals surface area contributed by atoms with Gasteiger partial charge >= 0.3 is 0 Å². The Morgan fingerprint density at radius 3 is 2.56 bits per heavy atom. The van der Waals surface area contributed by atoms with Gasteiger partial charge in [-0.3, -0.25) is 9.58 Å². The summed E-state index contributed by atoms with van der Waals surface area (Å²) in [6.07, 6.45) is 7.40. The number of halogens is 1. The second kappa shape index (κ2) is 10.8. The van der Waals surface area contributed by atoms with Gasteiger partial charge in [-0.15, -0.1) is 0 Å². The van der Waals surface area contributed by atoms with Gasteiger partial charge in [-0.1, -0.05) is 23.7 Å². The van der Waals surface area contributed by atoms with Crippen LogP contribution in [-0.4, -0.2) is 63.0 Å². The molecule has 32 heavy (non-hydrogen) atoms. The molecule has 2 aromatic rings. The molecule has 8 heteroatoms. The van der Waals surface area contributed by atoms with Crippen molar-refractivity contribution in [2.75, 3.05) is 26.0 Å². The first-order chi connectivity index (χ1) is 15.4. The standard InChI is InChI=1S/C24H35ClN4O2S/c1-17-12-24(27-28(17)2)19-6-10-21(11-7-19)29-15-23(14-26-32(3)30)31-16-22(29)13-18-4-8-20(25)9-5-18/h4-5,8-9,12,19,21-23,26H,6-7,10-11,13-16H2,1-3H3. The van der Waals surface area contributed by atoms with Gasteiger partial charge in [0.15, 0.2) is 0 Å². The van der Waals surface area contributed by atoms with Crippen LogP contribution in [0.2, 0.25) is 5.02 Å². The molecule has 4 rings (SSSR count). The van der Waals surface area contributed by atoms with E-state index in [0.29, 0.717) is 31.2 Å². The number of hydrogen-bond acceptors (Lipinski definition) is 4. The lowest BCUT2D eigenvalue weighted by atomic mass is 9.82. The molecule has 2 heterocycles. The average molecular weight is 479 g/mol. The fourth-order valence-corrected chi connectivity index (χ4v) is 5.67. The first-order valence-corrected chi connectivity index (χ1v) is 13.5. The predicted molar refractivity (Wildman–Crippen MR) is 130 cm³/mol. The first kappa shape index (κ1) is 23.9. The molecular weight excluding hydrogens is 444 g/mol. The summed E-state index contributed by atoms with van der Waals surface area (Å²) in [5.41, 5.74) is 3.76. The molecule has 6 nitrogen and oxygen atoms in total. The van der Waals surface area contributed by atoms with Crippen molar-refractivity contribution in [3.63, 3.8) is 0 Å². The maximum atomic E-state index is 11.5. The lowest BCUT2D eigenvalue weighted by Gasteiger charge is -2.46. The highest BCUT2D eigenvalue weighted by Crippen LogP contribution is 2.36. The van der Waals surface area contributed by atoms with Crippen molar-refractivity contribution in [3.05, 3.63) is 52.3 Å². The molecule has 0 radical (unpaired) electrons. The van der Waals surface area contributed by atoms with Gasteiger partial charge in [0, 0.05) is 55.1 Å². The van der Waals surface area contributed by atoms with Crippen LogP contribution in [0.25, 0.3) is 0 Å². The van der Waals surface area contributed by atoms with Gasteiger partial charge in [-0.2, -0.15) is 5.10 Å². The zero-order valence-electron chi connectivity index (χ0n) is 19.3. The van der Waals surface area contributed by atoms with E-state index in [-0.39, 0.29) is 6.10 Å². The van der Waals surface area contributed by atoms with E-state index in [9.17, 15) is 4.21 Å². The lowest BCUT2D eigenvalue weighted by molar-refractivity contribution is -0.0813. The molecule has 2 fully saturated rings. The lowest BCUT2D eigenvalue weighted by Crippen LogP contribution is -2.57. The molecular formula is C24H35ClN4O2S. The Balaban J connectivity index is 1.43. The minimum absolute atomic E-state index is 0.0662.